The van der Waals surface area contributed by atoms with E-state index in [1.54, 1.807) is 0 Å². The molecule has 0 amide bonds. The molecule has 2 aliphatic heterocycles. The van der Waals surface area contributed by atoms with Gasteiger partial charge in [0.2, 0.25) is 0 Å². The molecular formula is C29H33N3. The van der Waals surface area contributed by atoms with Crippen molar-refractivity contribution in [2.75, 3.05) is 0 Å². The van der Waals surface area contributed by atoms with Gasteiger partial charge in [0, 0.05) is 22.8 Å². The van der Waals surface area contributed by atoms with Crippen molar-refractivity contribution >= 4 is 28.5 Å². The Balaban J connectivity index is 1.56. The molecular weight excluding hydrogens is 390 g/mol. The highest BCUT2D eigenvalue weighted by atomic mass is 15.3. The maximum absolute atomic E-state index is 5.54. The fourth-order valence-electron chi connectivity index (χ4n) is 6.10. The van der Waals surface area contributed by atoms with E-state index in [4.69, 9.17) is 9.98 Å². The monoisotopic (exact) mass is 423 g/mol. The molecule has 2 heterocycles. The largest absolute Gasteiger partial charge is 0.307 e. The lowest BCUT2D eigenvalue weighted by molar-refractivity contribution is 0.323. The Morgan fingerprint density at radius 1 is 0.812 bits per heavy atom. The molecule has 2 saturated carbocycles. The Morgan fingerprint density at radius 3 is 2.34 bits per heavy atom. The maximum atomic E-state index is 5.54. The Hall–Kier alpha value is -2.68. The lowest BCUT2D eigenvalue weighted by atomic mass is 9.93. The van der Waals surface area contributed by atoms with Crippen LogP contribution in [-0.4, -0.2) is 28.7 Å². The zero-order valence-electron chi connectivity index (χ0n) is 19.2. The van der Waals surface area contributed by atoms with Crippen molar-refractivity contribution in [2.24, 2.45) is 9.98 Å². The number of hydrogen-bond donors (Lipinski definition) is 0. The average molecular weight is 424 g/mol. The third-order valence-corrected chi connectivity index (χ3v) is 7.68. The summed E-state index contributed by atoms with van der Waals surface area (Å²) in [5.74, 6) is 2.36. The number of para-hydroxylation sites is 1. The summed E-state index contributed by atoms with van der Waals surface area (Å²) < 4.78 is 0. The Kier molecular flexibility index (Phi) is 5.21. The molecule has 3 heteroatoms. The summed E-state index contributed by atoms with van der Waals surface area (Å²) in [6.07, 6.45) is 12.9. The molecule has 2 aromatic rings. The molecule has 4 aliphatic rings. The zero-order valence-corrected chi connectivity index (χ0v) is 19.2. The maximum Gasteiger partial charge on any atom is 0.143 e. The number of nitrogens with zero attached hydrogens (tertiary/aromatic N) is 3. The molecule has 2 fully saturated rings. The number of aliphatic imine (C=N–C) groups is 2. The normalized spacial score (nSPS) is 23.0. The molecule has 0 aromatic heterocycles. The van der Waals surface area contributed by atoms with Crippen molar-refractivity contribution in [2.45, 2.75) is 83.2 Å². The van der Waals surface area contributed by atoms with Gasteiger partial charge in [0.1, 0.15) is 11.7 Å². The molecule has 32 heavy (non-hydrogen) atoms. The third kappa shape index (κ3) is 3.43. The van der Waals surface area contributed by atoms with Gasteiger partial charge in [-0.25, -0.2) is 4.99 Å². The first-order chi connectivity index (χ1) is 15.8. The molecule has 2 aliphatic carbocycles. The molecule has 0 bridgehead atoms. The van der Waals surface area contributed by atoms with Gasteiger partial charge in [0.15, 0.2) is 0 Å². The van der Waals surface area contributed by atoms with E-state index in [1.165, 1.54) is 97.9 Å². The van der Waals surface area contributed by atoms with Crippen LogP contribution >= 0.6 is 0 Å². The quantitative estimate of drug-likeness (QED) is 0.508. The minimum atomic E-state index is 0.444. The van der Waals surface area contributed by atoms with E-state index < -0.39 is 0 Å². The highest BCUT2D eigenvalue weighted by Crippen LogP contribution is 2.47. The van der Waals surface area contributed by atoms with Crippen molar-refractivity contribution in [3.63, 3.8) is 0 Å². The summed E-state index contributed by atoms with van der Waals surface area (Å²) >= 11 is 0. The first kappa shape index (κ1) is 20.0. The molecule has 2 aromatic carbocycles. The molecule has 0 spiro atoms. The second-order valence-corrected chi connectivity index (χ2v) is 9.98. The van der Waals surface area contributed by atoms with Gasteiger partial charge in [-0.2, -0.15) is 0 Å². The van der Waals surface area contributed by atoms with Crippen LogP contribution in [0.3, 0.4) is 0 Å². The van der Waals surface area contributed by atoms with Gasteiger partial charge in [0.05, 0.1) is 11.7 Å². The molecule has 164 valence electrons. The molecule has 0 saturated heterocycles. The fourth-order valence-corrected chi connectivity index (χ4v) is 6.10. The first-order valence-corrected chi connectivity index (χ1v) is 12.7. The number of rotatable bonds is 3. The Bertz CT molecular complexity index is 1110. The van der Waals surface area contributed by atoms with Gasteiger partial charge in [-0.05, 0) is 44.2 Å². The molecule has 0 atom stereocenters. The minimum Gasteiger partial charge on any atom is -0.307 e. The summed E-state index contributed by atoms with van der Waals surface area (Å²) in [6, 6.07) is 18.6. The van der Waals surface area contributed by atoms with Crippen molar-refractivity contribution < 1.29 is 0 Å². The molecule has 0 unspecified atom stereocenters. The predicted octanol–water partition coefficient (Wildman–Crippen LogP) is 7.33. The topological polar surface area (TPSA) is 28.0 Å². The van der Waals surface area contributed by atoms with Crippen LogP contribution in [0.2, 0.25) is 0 Å². The molecule has 3 nitrogen and oxygen atoms in total. The van der Waals surface area contributed by atoms with E-state index in [0.717, 1.165) is 11.5 Å². The van der Waals surface area contributed by atoms with Crippen LogP contribution in [0, 0.1) is 6.92 Å². The van der Waals surface area contributed by atoms with Gasteiger partial charge in [0.25, 0.3) is 0 Å². The van der Waals surface area contributed by atoms with Crippen LogP contribution in [0.1, 0.15) is 80.9 Å². The van der Waals surface area contributed by atoms with E-state index in [2.05, 4.69) is 60.4 Å². The molecule has 0 N–H and O–H groups in total. The summed E-state index contributed by atoms with van der Waals surface area (Å²) in [7, 11) is 0. The second kappa shape index (κ2) is 8.35. The zero-order chi connectivity index (χ0) is 21.5. The Morgan fingerprint density at radius 2 is 1.56 bits per heavy atom. The average Bonchev–Trinajstić information content (AvgIpc) is 3.34. The van der Waals surface area contributed by atoms with Crippen molar-refractivity contribution in [1.82, 2.24) is 4.90 Å². The standard InChI is InChI=1S/C29H33N3/c1-20-11-10-12-21(19-20)26-27-24-17-8-9-18-25(24)31-29(27)32(23-15-6-3-7-16-23)28(26)30-22-13-4-2-5-14-22/h8-12,17-19,22-23H,2-7,13-16H2,1H3. The Labute approximate surface area is 192 Å². The fraction of sp³-hybridized carbons (Fsp3) is 0.448. The van der Waals surface area contributed by atoms with E-state index in [0.29, 0.717) is 12.1 Å². The van der Waals surface area contributed by atoms with Crippen LogP contribution in [0.5, 0.6) is 0 Å². The van der Waals surface area contributed by atoms with Gasteiger partial charge >= 0.3 is 0 Å². The summed E-state index contributed by atoms with van der Waals surface area (Å²) in [6.45, 7) is 2.19. The van der Waals surface area contributed by atoms with Gasteiger partial charge in [-0.3, -0.25) is 4.99 Å². The van der Waals surface area contributed by atoms with E-state index in [1.807, 2.05) is 0 Å². The lowest BCUT2D eigenvalue weighted by Crippen LogP contribution is -2.42. The SMILES string of the molecule is Cc1cccc(C2=C3C(=Nc4ccccc43)N(C3CCCCC3)C2=NC2CCCCC2)c1. The van der Waals surface area contributed by atoms with Gasteiger partial charge in [-0.15, -0.1) is 0 Å². The van der Waals surface area contributed by atoms with E-state index >= 15 is 0 Å². The second-order valence-electron chi connectivity index (χ2n) is 9.98. The molecule has 0 radical (unpaired) electrons. The summed E-state index contributed by atoms with van der Waals surface area (Å²) in [5, 5.41) is 0. The van der Waals surface area contributed by atoms with Crippen LogP contribution in [0.15, 0.2) is 58.5 Å². The third-order valence-electron chi connectivity index (χ3n) is 7.68. The van der Waals surface area contributed by atoms with Crippen LogP contribution in [0.4, 0.5) is 5.69 Å². The minimum absolute atomic E-state index is 0.444. The summed E-state index contributed by atoms with van der Waals surface area (Å²) in [4.78, 5) is 13.3. The van der Waals surface area contributed by atoms with Crippen LogP contribution in [-0.2, 0) is 0 Å². The number of fused-ring (bicyclic) bond motifs is 3. The predicted molar refractivity (Wildman–Crippen MR) is 135 cm³/mol. The number of aryl methyl sites for hydroxylation is 1. The van der Waals surface area contributed by atoms with E-state index in [9.17, 15) is 0 Å². The highest BCUT2D eigenvalue weighted by Gasteiger charge is 2.43. The van der Waals surface area contributed by atoms with Crippen LogP contribution in [0.25, 0.3) is 11.1 Å². The van der Waals surface area contributed by atoms with Crippen molar-refractivity contribution in [3.8, 4) is 0 Å². The van der Waals surface area contributed by atoms with Crippen LogP contribution < -0.4 is 0 Å². The van der Waals surface area contributed by atoms with Crippen molar-refractivity contribution in [1.29, 1.82) is 0 Å². The number of amidine groups is 2. The summed E-state index contributed by atoms with van der Waals surface area (Å²) in [5.41, 5.74) is 7.60. The highest BCUT2D eigenvalue weighted by molar-refractivity contribution is 6.53. The van der Waals surface area contributed by atoms with Crippen molar-refractivity contribution in [3.05, 3.63) is 65.2 Å². The molecule has 6 rings (SSSR count). The van der Waals surface area contributed by atoms with Gasteiger partial charge < -0.3 is 4.90 Å². The lowest BCUT2D eigenvalue weighted by Gasteiger charge is -2.34. The number of benzene rings is 2. The number of hydrogen-bond acceptors (Lipinski definition) is 2. The van der Waals surface area contributed by atoms with Gasteiger partial charge in [-0.1, -0.05) is 86.6 Å². The van der Waals surface area contributed by atoms with E-state index in [-0.39, 0.29) is 0 Å². The first-order valence-electron chi connectivity index (χ1n) is 12.7. The smallest absolute Gasteiger partial charge is 0.143 e.